The normalized spacial score (nSPS) is 14.6. The van der Waals surface area contributed by atoms with Crippen molar-refractivity contribution in [3.63, 3.8) is 0 Å². The Labute approximate surface area is 194 Å². The van der Waals surface area contributed by atoms with Crippen LogP contribution in [0, 0.1) is 0 Å². The van der Waals surface area contributed by atoms with Gasteiger partial charge >= 0.3 is 0 Å². The zero-order valence-corrected chi connectivity index (χ0v) is 20.3. The molecule has 1 fully saturated rings. The van der Waals surface area contributed by atoms with Crippen LogP contribution in [0.1, 0.15) is 35.7 Å². The minimum absolute atomic E-state index is 0.0643. The first-order valence-electron chi connectivity index (χ1n) is 10.6. The van der Waals surface area contributed by atoms with Gasteiger partial charge in [0.15, 0.2) is 0 Å². The van der Waals surface area contributed by atoms with Gasteiger partial charge in [0, 0.05) is 24.5 Å². The van der Waals surface area contributed by atoms with Gasteiger partial charge in [0.05, 0.1) is 23.7 Å². The van der Waals surface area contributed by atoms with Crippen molar-refractivity contribution in [3.05, 3.63) is 53.6 Å². The van der Waals surface area contributed by atoms with Gasteiger partial charge in [-0.25, -0.2) is 13.1 Å². The Bertz CT molecular complexity index is 1030. The summed E-state index contributed by atoms with van der Waals surface area (Å²) in [6.45, 7) is 6.45. The highest BCUT2D eigenvalue weighted by Crippen LogP contribution is 2.27. The van der Waals surface area contributed by atoms with Gasteiger partial charge in [0.2, 0.25) is 10.0 Å². The van der Waals surface area contributed by atoms with E-state index in [0.717, 1.165) is 16.2 Å². The summed E-state index contributed by atoms with van der Waals surface area (Å²) < 4.78 is 39.4. The van der Waals surface area contributed by atoms with Gasteiger partial charge in [-0.05, 0) is 42.0 Å². The summed E-state index contributed by atoms with van der Waals surface area (Å²) in [4.78, 5) is 15.5. The molecule has 3 rings (SSSR count). The number of hydrogen-bond acceptors (Lipinski definition) is 6. The lowest BCUT2D eigenvalue weighted by Crippen LogP contribution is -2.41. The Hall–Kier alpha value is -2.07. The zero-order chi connectivity index (χ0) is 23.1. The number of benzene rings is 2. The van der Waals surface area contributed by atoms with Crippen molar-refractivity contribution in [1.82, 2.24) is 9.62 Å². The lowest BCUT2D eigenvalue weighted by atomic mass is 10.0. The molecule has 0 spiro atoms. The molecule has 0 bridgehead atoms. The SMILES string of the molecule is CSc1ccc(S(=O)(=O)NCCOc2ccccc2C(C)C)cc1C(=O)N1CCOCC1. The summed E-state index contributed by atoms with van der Waals surface area (Å²) in [6, 6.07) is 12.4. The second-order valence-corrected chi connectivity index (χ2v) is 10.3. The molecule has 1 aliphatic heterocycles. The quantitative estimate of drug-likeness (QED) is 0.439. The van der Waals surface area contributed by atoms with E-state index in [1.807, 2.05) is 30.5 Å². The zero-order valence-electron chi connectivity index (χ0n) is 18.7. The Kier molecular flexibility index (Phi) is 8.58. The molecule has 0 aromatic heterocycles. The summed E-state index contributed by atoms with van der Waals surface area (Å²) in [6.07, 6.45) is 1.87. The van der Waals surface area contributed by atoms with E-state index in [9.17, 15) is 13.2 Å². The van der Waals surface area contributed by atoms with Crippen LogP contribution in [-0.4, -0.2) is 64.9 Å². The summed E-state index contributed by atoms with van der Waals surface area (Å²) >= 11 is 1.42. The number of para-hydroxylation sites is 1. The monoisotopic (exact) mass is 478 g/mol. The van der Waals surface area contributed by atoms with E-state index < -0.39 is 10.0 Å². The number of thioether (sulfide) groups is 1. The Morgan fingerprint density at radius 2 is 1.91 bits per heavy atom. The minimum atomic E-state index is -3.79. The number of hydrogen-bond donors (Lipinski definition) is 1. The average molecular weight is 479 g/mol. The van der Waals surface area contributed by atoms with Crippen LogP contribution in [0.2, 0.25) is 0 Å². The molecule has 1 amide bonds. The number of sulfonamides is 1. The lowest BCUT2D eigenvalue weighted by molar-refractivity contribution is 0.0300. The van der Waals surface area contributed by atoms with E-state index in [2.05, 4.69) is 18.6 Å². The van der Waals surface area contributed by atoms with Crippen LogP contribution in [0.15, 0.2) is 52.3 Å². The molecule has 2 aromatic carbocycles. The summed E-state index contributed by atoms with van der Waals surface area (Å²) in [5.41, 5.74) is 1.47. The van der Waals surface area contributed by atoms with Crippen molar-refractivity contribution in [3.8, 4) is 5.75 Å². The van der Waals surface area contributed by atoms with Crippen molar-refractivity contribution in [1.29, 1.82) is 0 Å². The molecular formula is C23H30N2O5S2. The van der Waals surface area contributed by atoms with E-state index in [0.29, 0.717) is 37.8 Å². The molecule has 9 heteroatoms. The van der Waals surface area contributed by atoms with Gasteiger partial charge in [-0.2, -0.15) is 0 Å². The number of nitrogens with one attached hydrogen (secondary N) is 1. The molecular weight excluding hydrogens is 448 g/mol. The number of ether oxygens (including phenoxy) is 2. The molecule has 0 unspecified atom stereocenters. The fraction of sp³-hybridized carbons (Fsp3) is 0.435. The number of morpholine rings is 1. The van der Waals surface area contributed by atoms with Crippen LogP contribution in [0.5, 0.6) is 5.75 Å². The molecule has 0 atom stereocenters. The first-order chi connectivity index (χ1) is 15.3. The number of nitrogens with zero attached hydrogens (tertiary/aromatic N) is 1. The van der Waals surface area contributed by atoms with E-state index >= 15 is 0 Å². The highest BCUT2D eigenvalue weighted by atomic mass is 32.2. The minimum Gasteiger partial charge on any atom is -0.492 e. The molecule has 0 saturated carbocycles. The number of rotatable bonds is 9. The maximum Gasteiger partial charge on any atom is 0.255 e. The second kappa shape index (κ2) is 11.2. The lowest BCUT2D eigenvalue weighted by Gasteiger charge is -2.27. The molecule has 0 radical (unpaired) electrons. The molecule has 7 nitrogen and oxygen atoms in total. The van der Waals surface area contributed by atoms with Crippen molar-refractivity contribution < 1.29 is 22.7 Å². The Morgan fingerprint density at radius 3 is 2.59 bits per heavy atom. The van der Waals surface area contributed by atoms with Gasteiger partial charge in [-0.3, -0.25) is 4.79 Å². The Balaban J connectivity index is 1.68. The third-order valence-electron chi connectivity index (χ3n) is 5.20. The molecule has 1 aliphatic rings. The highest BCUT2D eigenvalue weighted by molar-refractivity contribution is 7.98. The van der Waals surface area contributed by atoms with Gasteiger partial charge in [-0.1, -0.05) is 32.0 Å². The molecule has 0 aliphatic carbocycles. The second-order valence-electron chi connectivity index (χ2n) is 7.71. The van der Waals surface area contributed by atoms with E-state index in [1.54, 1.807) is 11.0 Å². The molecule has 1 saturated heterocycles. The van der Waals surface area contributed by atoms with Crippen LogP contribution in [0.25, 0.3) is 0 Å². The van der Waals surface area contributed by atoms with Gasteiger partial charge in [0.1, 0.15) is 12.4 Å². The topological polar surface area (TPSA) is 84.9 Å². The first kappa shape index (κ1) is 24.6. The highest BCUT2D eigenvalue weighted by Gasteiger charge is 2.24. The van der Waals surface area contributed by atoms with Crippen molar-refractivity contribution in [2.45, 2.75) is 29.6 Å². The smallest absolute Gasteiger partial charge is 0.255 e. The predicted octanol–water partition coefficient (Wildman–Crippen LogP) is 3.36. The maximum atomic E-state index is 13.0. The first-order valence-corrected chi connectivity index (χ1v) is 13.3. The van der Waals surface area contributed by atoms with Crippen LogP contribution in [0.4, 0.5) is 0 Å². The number of carbonyl (C=O) groups excluding carboxylic acids is 1. The van der Waals surface area contributed by atoms with Crippen LogP contribution in [-0.2, 0) is 14.8 Å². The molecule has 1 N–H and O–H groups in total. The molecule has 32 heavy (non-hydrogen) atoms. The van der Waals surface area contributed by atoms with Gasteiger partial charge in [0.25, 0.3) is 5.91 Å². The average Bonchev–Trinajstić information content (AvgIpc) is 2.81. The molecule has 2 aromatic rings. The predicted molar refractivity (Wildman–Crippen MR) is 126 cm³/mol. The third-order valence-corrected chi connectivity index (χ3v) is 7.46. The van der Waals surface area contributed by atoms with Gasteiger partial charge in [-0.15, -0.1) is 11.8 Å². The Morgan fingerprint density at radius 1 is 1.19 bits per heavy atom. The molecule has 174 valence electrons. The number of amides is 1. The van der Waals surface area contributed by atoms with E-state index in [1.165, 1.54) is 23.9 Å². The largest absolute Gasteiger partial charge is 0.492 e. The summed E-state index contributed by atoms with van der Waals surface area (Å²) in [5, 5.41) is 0. The van der Waals surface area contributed by atoms with Crippen LogP contribution < -0.4 is 9.46 Å². The maximum absolute atomic E-state index is 13.0. The van der Waals surface area contributed by atoms with Crippen molar-refractivity contribution >= 4 is 27.7 Å². The third kappa shape index (κ3) is 6.04. The number of carbonyl (C=O) groups is 1. The van der Waals surface area contributed by atoms with E-state index in [4.69, 9.17) is 9.47 Å². The fourth-order valence-electron chi connectivity index (χ4n) is 3.47. The fourth-order valence-corrected chi connectivity index (χ4v) is 5.08. The van der Waals surface area contributed by atoms with Gasteiger partial charge < -0.3 is 14.4 Å². The van der Waals surface area contributed by atoms with Crippen molar-refractivity contribution in [2.75, 3.05) is 45.7 Å². The summed E-state index contributed by atoms with van der Waals surface area (Å²) in [5.74, 6) is 0.882. The summed E-state index contributed by atoms with van der Waals surface area (Å²) in [7, 11) is -3.79. The standard InChI is InChI=1S/C23H30N2O5S2/c1-17(2)19-6-4-5-7-21(19)30-13-10-24-32(27,28)18-8-9-22(31-3)20(16-18)23(26)25-11-14-29-15-12-25/h4-9,16-17,24H,10-15H2,1-3H3. The van der Waals surface area contributed by atoms with E-state index in [-0.39, 0.29) is 24.0 Å². The van der Waals surface area contributed by atoms with Crippen LogP contribution in [0.3, 0.4) is 0 Å². The molecule has 1 heterocycles. The van der Waals surface area contributed by atoms with Crippen LogP contribution >= 0.6 is 11.8 Å². The van der Waals surface area contributed by atoms with Crippen molar-refractivity contribution in [2.24, 2.45) is 0 Å².